The van der Waals surface area contributed by atoms with Crippen LogP contribution in [0.25, 0.3) is 11.0 Å². The largest absolute Gasteiger partial charge is 0.353 e. The summed E-state index contributed by atoms with van der Waals surface area (Å²) in [5, 5.41) is 1.50. The van der Waals surface area contributed by atoms with Gasteiger partial charge in [0, 0.05) is 24.3 Å². The monoisotopic (exact) mass is 365 g/mol. The Hall–Kier alpha value is -1.44. The highest BCUT2D eigenvalue weighted by Gasteiger charge is 2.18. The van der Waals surface area contributed by atoms with Crippen LogP contribution in [-0.2, 0) is 9.47 Å². The average molecular weight is 365 g/mol. The number of ether oxygens (including phenoxy) is 2. The van der Waals surface area contributed by atoms with Crippen molar-refractivity contribution in [3.05, 3.63) is 28.7 Å². The summed E-state index contributed by atoms with van der Waals surface area (Å²) < 4.78 is 13.1. The molecule has 0 spiro atoms. The lowest BCUT2D eigenvalue weighted by Gasteiger charge is -2.25. The Labute approximate surface area is 153 Å². The maximum Gasteiger partial charge on any atom is 0.252 e. The van der Waals surface area contributed by atoms with E-state index in [1.807, 2.05) is 27.0 Å². The van der Waals surface area contributed by atoms with E-state index in [-0.39, 0.29) is 17.9 Å². The van der Waals surface area contributed by atoms with Gasteiger partial charge in [0.1, 0.15) is 5.65 Å². The third-order valence-corrected chi connectivity index (χ3v) is 4.49. The quantitative estimate of drug-likeness (QED) is 0.595. The van der Waals surface area contributed by atoms with Gasteiger partial charge >= 0.3 is 0 Å². The summed E-state index contributed by atoms with van der Waals surface area (Å²) in [7, 11) is 0. The smallest absolute Gasteiger partial charge is 0.252 e. The molecule has 1 fully saturated rings. The maximum absolute atomic E-state index is 12.3. The fraction of sp³-hybridized carbons (Fsp3) is 0.611. The normalized spacial score (nSPS) is 18.5. The Balaban J connectivity index is 0.00000109. The Kier molecular flexibility index (Phi) is 7.87. The molecule has 7 heteroatoms. The van der Waals surface area contributed by atoms with Crippen LogP contribution in [-0.4, -0.2) is 40.3 Å². The van der Waals surface area contributed by atoms with Gasteiger partial charge in [0.25, 0.3) is 5.56 Å². The van der Waals surface area contributed by atoms with Crippen molar-refractivity contribution in [2.45, 2.75) is 57.5 Å². The molecule has 3 heterocycles. The van der Waals surface area contributed by atoms with E-state index in [1.54, 1.807) is 22.9 Å². The van der Waals surface area contributed by atoms with Crippen molar-refractivity contribution < 1.29 is 9.47 Å². The van der Waals surface area contributed by atoms with Crippen LogP contribution in [0.4, 0.5) is 0 Å². The van der Waals surface area contributed by atoms with E-state index in [9.17, 15) is 4.79 Å². The van der Waals surface area contributed by atoms with Crippen LogP contribution in [0.1, 0.15) is 46.1 Å². The van der Waals surface area contributed by atoms with Crippen LogP contribution in [0, 0.1) is 0 Å². The number of pyridine rings is 1. The van der Waals surface area contributed by atoms with Crippen molar-refractivity contribution in [1.29, 1.82) is 0 Å². The molecule has 0 amide bonds. The van der Waals surface area contributed by atoms with Gasteiger partial charge in [0.2, 0.25) is 0 Å². The van der Waals surface area contributed by atoms with Gasteiger partial charge in [0.05, 0.1) is 12.6 Å². The molecule has 138 valence electrons. The Bertz CT molecular complexity index is 729. The third kappa shape index (κ3) is 5.03. The second-order valence-corrected chi connectivity index (χ2v) is 6.43. The molecule has 2 atom stereocenters. The minimum atomic E-state index is -0.159. The molecule has 25 heavy (non-hydrogen) atoms. The standard InChI is InChI=1S/C16H21N3O3S.C2H6/c1-11(10-22-14-5-3-4-8-21-14)19-13(20)7-6-12-9-17-16(23-2)18-15(12)19;1-2/h6-7,9,11,14H,3-5,8,10H2,1-2H3;1-2H3/t11-,14?;/m0./s1. The highest BCUT2D eigenvalue weighted by Crippen LogP contribution is 2.19. The first-order valence-electron chi connectivity index (χ1n) is 8.84. The second kappa shape index (κ2) is 9.89. The molecule has 3 rings (SSSR count). The van der Waals surface area contributed by atoms with Crippen LogP contribution in [0.5, 0.6) is 0 Å². The Morgan fingerprint density at radius 1 is 1.40 bits per heavy atom. The Morgan fingerprint density at radius 2 is 2.20 bits per heavy atom. The van der Waals surface area contributed by atoms with E-state index in [0.29, 0.717) is 17.4 Å². The number of hydrogen-bond acceptors (Lipinski definition) is 6. The summed E-state index contributed by atoms with van der Waals surface area (Å²) >= 11 is 1.46. The van der Waals surface area contributed by atoms with Crippen molar-refractivity contribution in [2.75, 3.05) is 19.5 Å². The molecule has 2 aromatic rings. The van der Waals surface area contributed by atoms with Gasteiger partial charge in [-0.25, -0.2) is 9.97 Å². The number of aromatic nitrogens is 3. The number of fused-ring (bicyclic) bond motifs is 1. The fourth-order valence-electron chi connectivity index (χ4n) is 2.71. The average Bonchev–Trinajstić information content (AvgIpc) is 2.68. The minimum Gasteiger partial charge on any atom is -0.353 e. The molecular formula is C18H27N3O3S. The lowest BCUT2D eigenvalue weighted by molar-refractivity contribution is -0.167. The summed E-state index contributed by atoms with van der Waals surface area (Å²) in [5.74, 6) is 0. The van der Waals surface area contributed by atoms with Gasteiger partial charge < -0.3 is 9.47 Å². The maximum atomic E-state index is 12.3. The van der Waals surface area contributed by atoms with E-state index in [2.05, 4.69) is 9.97 Å². The molecule has 0 aliphatic carbocycles. The zero-order valence-electron chi connectivity index (χ0n) is 15.4. The molecule has 0 N–H and O–H groups in total. The molecule has 0 saturated carbocycles. The van der Waals surface area contributed by atoms with E-state index in [0.717, 1.165) is 31.3 Å². The second-order valence-electron chi connectivity index (χ2n) is 5.66. The van der Waals surface area contributed by atoms with Gasteiger partial charge in [0.15, 0.2) is 11.4 Å². The van der Waals surface area contributed by atoms with Crippen molar-refractivity contribution in [1.82, 2.24) is 14.5 Å². The molecule has 1 unspecified atom stereocenters. The first-order chi connectivity index (χ1) is 12.2. The molecule has 1 aliphatic heterocycles. The number of thioether (sulfide) groups is 1. The first kappa shape index (κ1) is 19.9. The van der Waals surface area contributed by atoms with E-state index >= 15 is 0 Å². The summed E-state index contributed by atoms with van der Waals surface area (Å²) in [6.45, 7) is 7.13. The summed E-state index contributed by atoms with van der Waals surface area (Å²) in [4.78, 5) is 21.1. The predicted octanol–water partition coefficient (Wildman–Crippen LogP) is 3.64. The fourth-order valence-corrected chi connectivity index (χ4v) is 3.05. The van der Waals surface area contributed by atoms with Gasteiger partial charge in [-0.05, 0) is 38.5 Å². The third-order valence-electron chi connectivity index (χ3n) is 3.93. The molecule has 0 aromatic carbocycles. The molecule has 0 radical (unpaired) electrons. The highest BCUT2D eigenvalue weighted by molar-refractivity contribution is 7.98. The highest BCUT2D eigenvalue weighted by atomic mass is 32.2. The molecular weight excluding hydrogens is 338 g/mol. The number of hydrogen-bond donors (Lipinski definition) is 0. The summed E-state index contributed by atoms with van der Waals surface area (Å²) in [6.07, 6.45) is 6.63. The van der Waals surface area contributed by atoms with Gasteiger partial charge in [-0.15, -0.1) is 0 Å². The molecule has 1 aliphatic rings. The zero-order chi connectivity index (χ0) is 18.2. The van der Waals surface area contributed by atoms with Gasteiger partial charge in [-0.1, -0.05) is 25.6 Å². The predicted molar refractivity (Wildman–Crippen MR) is 101 cm³/mol. The summed E-state index contributed by atoms with van der Waals surface area (Å²) in [6, 6.07) is 3.19. The minimum absolute atomic E-state index is 0.0797. The molecule has 6 nitrogen and oxygen atoms in total. The van der Waals surface area contributed by atoms with Crippen molar-refractivity contribution >= 4 is 22.8 Å². The molecule has 1 saturated heterocycles. The lowest BCUT2D eigenvalue weighted by Crippen LogP contribution is -2.30. The van der Waals surface area contributed by atoms with Crippen LogP contribution in [0.2, 0.25) is 0 Å². The van der Waals surface area contributed by atoms with Gasteiger partial charge in [-0.3, -0.25) is 9.36 Å². The van der Waals surface area contributed by atoms with Gasteiger partial charge in [-0.2, -0.15) is 0 Å². The number of rotatable bonds is 5. The first-order valence-corrected chi connectivity index (χ1v) is 10.1. The summed E-state index contributed by atoms with van der Waals surface area (Å²) in [5.41, 5.74) is 0.571. The Morgan fingerprint density at radius 3 is 2.88 bits per heavy atom. The van der Waals surface area contributed by atoms with E-state index in [1.165, 1.54) is 11.8 Å². The van der Waals surface area contributed by atoms with Crippen LogP contribution in [0.15, 0.2) is 28.3 Å². The lowest BCUT2D eigenvalue weighted by atomic mass is 10.2. The van der Waals surface area contributed by atoms with Crippen LogP contribution >= 0.6 is 11.8 Å². The van der Waals surface area contributed by atoms with Crippen molar-refractivity contribution in [3.63, 3.8) is 0 Å². The topological polar surface area (TPSA) is 66.2 Å². The van der Waals surface area contributed by atoms with E-state index < -0.39 is 0 Å². The SMILES string of the molecule is CC.CSc1ncc2ccc(=O)n([C@@H](C)COC3CCCCO3)c2n1. The zero-order valence-corrected chi connectivity index (χ0v) is 16.2. The molecule has 0 bridgehead atoms. The van der Waals surface area contributed by atoms with Crippen molar-refractivity contribution in [2.24, 2.45) is 0 Å². The number of nitrogens with zero attached hydrogens (tertiary/aromatic N) is 3. The van der Waals surface area contributed by atoms with Crippen LogP contribution in [0.3, 0.4) is 0 Å². The van der Waals surface area contributed by atoms with E-state index in [4.69, 9.17) is 9.47 Å². The van der Waals surface area contributed by atoms with Crippen LogP contribution < -0.4 is 5.56 Å². The van der Waals surface area contributed by atoms with Crippen molar-refractivity contribution in [3.8, 4) is 0 Å². The molecule has 2 aromatic heterocycles.